The molecule has 0 bridgehead atoms. The second-order valence-corrected chi connectivity index (χ2v) is 4.67. The number of aldehydes is 1. The number of aryl methyl sites for hydroxylation is 1. The zero-order valence-electron chi connectivity index (χ0n) is 10.5. The third kappa shape index (κ3) is 4.11. The van der Waals surface area contributed by atoms with E-state index in [0.29, 0.717) is 22.9 Å². The van der Waals surface area contributed by atoms with Crippen molar-refractivity contribution in [2.75, 3.05) is 6.61 Å². The molecule has 0 unspecified atom stereocenters. The molecule has 0 saturated heterocycles. The highest BCUT2D eigenvalue weighted by atomic mass is 35.5. The summed E-state index contributed by atoms with van der Waals surface area (Å²) in [5, 5.41) is 0.540. The molecule has 0 N–H and O–H groups in total. The van der Waals surface area contributed by atoms with Crippen molar-refractivity contribution in [3.05, 3.63) is 64.7 Å². The fourth-order valence-corrected chi connectivity index (χ4v) is 2.03. The lowest BCUT2D eigenvalue weighted by Crippen LogP contribution is -2.01. The molecule has 0 fully saturated rings. The lowest BCUT2D eigenvalue weighted by Gasteiger charge is -2.08. The molecular weight excluding hydrogens is 260 g/mol. The van der Waals surface area contributed by atoms with Crippen molar-refractivity contribution >= 4 is 17.9 Å². The van der Waals surface area contributed by atoms with Crippen molar-refractivity contribution in [3.63, 3.8) is 0 Å². The quantitative estimate of drug-likeness (QED) is 0.584. The van der Waals surface area contributed by atoms with Crippen LogP contribution in [0, 0.1) is 0 Å². The summed E-state index contributed by atoms with van der Waals surface area (Å²) >= 11 is 5.82. The number of carbonyl (C=O) groups is 1. The van der Waals surface area contributed by atoms with E-state index < -0.39 is 0 Å². The number of halogens is 1. The lowest BCUT2D eigenvalue weighted by atomic mass is 10.1. The zero-order chi connectivity index (χ0) is 13.5. The summed E-state index contributed by atoms with van der Waals surface area (Å²) in [5.41, 5.74) is 1.78. The molecule has 19 heavy (non-hydrogen) atoms. The second-order valence-electron chi connectivity index (χ2n) is 4.24. The largest absolute Gasteiger partial charge is 0.493 e. The first-order chi connectivity index (χ1) is 9.29. The molecule has 0 heterocycles. The van der Waals surface area contributed by atoms with E-state index in [1.165, 1.54) is 5.56 Å². The van der Waals surface area contributed by atoms with Crippen molar-refractivity contribution in [2.24, 2.45) is 0 Å². The second kappa shape index (κ2) is 6.95. The van der Waals surface area contributed by atoms with Gasteiger partial charge in [0.25, 0.3) is 0 Å². The van der Waals surface area contributed by atoms with Crippen LogP contribution in [0.5, 0.6) is 5.75 Å². The Morgan fingerprint density at radius 1 is 1.11 bits per heavy atom. The van der Waals surface area contributed by atoms with Crippen LogP contribution in [0.2, 0.25) is 5.02 Å². The van der Waals surface area contributed by atoms with E-state index in [9.17, 15) is 4.79 Å². The number of hydrogen-bond donors (Lipinski definition) is 0. The highest BCUT2D eigenvalue weighted by Gasteiger charge is 2.03. The first kappa shape index (κ1) is 13.6. The van der Waals surface area contributed by atoms with Gasteiger partial charge in [0.2, 0.25) is 0 Å². The Morgan fingerprint density at radius 2 is 1.89 bits per heavy atom. The van der Waals surface area contributed by atoms with Crippen molar-refractivity contribution in [1.29, 1.82) is 0 Å². The van der Waals surface area contributed by atoms with Gasteiger partial charge in [-0.15, -0.1) is 0 Å². The summed E-state index contributed by atoms with van der Waals surface area (Å²) in [6.07, 6.45) is 2.63. The van der Waals surface area contributed by atoms with E-state index >= 15 is 0 Å². The molecule has 0 aliphatic rings. The predicted molar refractivity (Wildman–Crippen MR) is 77.1 cm³/mol. The van der Waals surface area contributed by atoms with E-state index in [0.717, 1.165) is 19.1 Å². The average Bonchev–Trinajstić information content (AvgIpc) is 2.46. The summed E-state index contributed by atoms with van der Waals surface area (Å²) < 4.78 is 5.61. The highest BCUT2D eigenvalue weighted by Crippen LogP contribution is 2.21. The van der Waals surface area contributed by atoms with E-state index in [2.05, 4.69) is 12.1 Å². The Labute approximate surface area is 118 Å². The molecule has 3 heteroatoms. The molecule has 0 aliphatic heterocycles. The summed E-state index contributed by atoms with van der Waals surface area (Å²) in [6.45, 7) is 0.581. The van der Waals surface area contributed by atoms with Crippen LogP contribution in [-0.2, 0) is 6.42 Å². The first-order valence-electron chi connectivity index (χ1n) is 6.21. The minimum absolute atomic E-state index is 0.493. The van der Waals surface area contributed by atoms with E-state index in [-0.39, 0.29) is 0 Å². The maximum absolute atomic E-state index is 10.9. The van der Waals surface area contributed by atoms with Crippen LogP contribution >= 0.6 is 11.6 Å². The molecule has 0 atom stereocenters. The minimum atomic E-state index is 0.493. The normalized spacial score (nSPS) is 10.2. The fraction of sp³-hybridized carbons (Fsp3) is 0.188. The molecule has 0 spiro atoms. The van der Waals surface area contributed by atoms with Crippen molar-refractivity contribution in [2.45, 2.75) is 12.8 Å². The van der Waals surface area contributed by atoms with Gasteiger partial charge in [0.15, 0.2) is 6.29 Å². The van der Waals surface area contributed by atoms with Gasteiger partial charge in [-0.3, -0.25) is 4.79 Å². The Balaban J connectivity index is 1.84. The Morgan fingerprint density at radius 3 is 2.63 bits per heavy atom. The maximum Gasteiger partial charge on any atom is 0.153 e. The Hall–Kier alpha value is -1.80. The first-order valence-corrected chi connectivity index (χ1v) is 6.59. The average molecular weight is 275 g/mol. The third-order valence-corrected chi connectivity index (χ3v) is 3.04. The van der Waals surface area contributed by atoms with Gasteiger partial charge in [-0.2, -0.15) is 0 Å². The third-order valence-electron chi connectivity index (χ3n) is 2.81. The minimum Gasteiger partial charge on any atom is -0.493 e. The molecule has 2 aromatic carbocycles. The molecule has 0 radical (unpaired) electrons. The van der Waals surface area contributed by atoms with Gasteiger partial charge in [0.1, 0.15) is 5.75 Å². The molecule has 2 aromatic rings. The van der Waals surface area contributed by atoms with Gasteiger partial charge in [0, 0.05) is 5.02 Å². The zero-order valence-corrected chi connectivity index (χ0v) is 11.3. The lowest BCUT2D eigenvalue weighted by molar-refractivity contribution is 0.111. The van der Waals surface area contributed by atoms with Crippen LogP contribution in [0.3, 0.4) is 0 Å². The molecule has 2 nitrogen and oxygen atoms in total. The van der Waals surface area contributed by atoms with Crippen LogP contribution in [0.1, 0.15) is 22.3 Å². The topological polar surface area (TPSA) is 26.3 Å². The number of benzene rings is 2. The maximum atomic E-state index is 10.9. The summed E-state index contributed by atoms with van der Waals surface area (Å²) in [4.78, 5) is 10.9. The number of carbonyl (C=O) groups excluding carboxylic acids is 1. The van der Waals surface area contributed by atoms with Crippen molar-refractivity contribution in [1.82, 2.24) is 0 Å². The number of rotatable bonds is 6. The van der Waals surface area contributed by atoms with Gasteiger partial charge < -0.3 is 4.74 Å². The van der Waals surface area contributed by atoms with Crippen LogP contribution < -0.4 is 4.74 Å². The van der Waals surface area contributed by atoms with Gasteiger partial charge >= 0.3 is 0 Å². The van der Waals surface area contributed by atoms with Crippen molar-refractivity contribution < 1.29 is 9.53 Å². The Bertz CT molecular complexity index is 538. The van der Waals surface area contributed by atoms with Gasteiger partial charge in [-0.25, -0.2) is 0 Å². The molecule has 0 saturated carbocycles. The van der Waals surface area contributed by atoms with E-state index in [4.69, 9.17) is 16.3 Å². The van der Waals surface area contributed by atoms with Gasteiger partial charge in [-0.1, -0.05) is 41.9 Å². The molecule has 2 rings (SSSR count). The molecule has 0 aliphatic carbocycles. The SMILES string of the molecule is O=Cc1cc(Cl)ccc1OCCCc1ccccc1. The summed E-state index contributed by atoms with van der Waals surface area (Å²) in [6, 6.07) is 15.3. The molecule has 0 amide bonds. The molecular formula is C16H15ClO2. The van der Waals surface area contributed by atoms with Crippen molar-refractivity contribution in [3.8, 4) is 5.75 Å². The van der Waals surface area contributed by atoms with Crippen LogP contribution in [-0.4, -0.2) is 12.9 Å². The van der Waals surface area contributed by atoms with Gasteiger partial charge in [-0.05, 0) is 36.6 Å². The number of ether oxygens (including phenoxy) is 1. The van der Waals surface area contributed by atoms with Crippen LogP contribution in [0.15, 0.2) is 48.5 Å². The Kier molecular flexibility index (Phi) is 4.99. The predicted octanol–water partition coefficient (Wildman–Crippen LogP) is 4.16. The smallest absolute Gasteiger partial charge is 0.153 e. The van der Waals surface area contributed by atoms with Crippen LogP contribution in [0.4, 0.5) is 0 Å². The fourth-order valence-electron chi connectivity index (χ4n) is 1.85. The number of hydrogen-bond acceptors (Lipinski definition) is 2. The molecule has 0 aromatic heterocycles. The van der Waals surface area contributed by atoms with Gasteiger partial charge in [0.05, 0.1) is 12.2 Å². The molecule has 98 valence electrons. The monoisotopic (exact) mass is 274 g/mol. The summed E-state index contributed by atoms with van der Waals surface area (Å²) in [5.74, 6) is 0.590. The van der Waals surface area contributed by atoms with Crippen LogP contribution in [0.25, 0.3) is 0 Å². The summed E-state index contributed by atoms with van der Waals surface area (Å²) in [7, 11) is 0. The standard InChI is InChI=1S/C16H15ClO2/c17-15-8-9-16(14(11-15)12-18)19-10-4-7-13-5-2-1-3-6-13/h1-3,5-6,8-9,11-12H,4,7,10H2. The van der Waals surface area contributed by atoms with E-state index in [1.807, 2.05) is 18.2 Å². The highest BCUT2D eigenvalue weighted by molar-refractivity contribution is 6.30. The van der Waals surface area contributed by atoms with E-state index in [1.54, 1.807) is 18.2 Å².